The maximum absolute atomic E-state index is 11.0. The van der Waals surface area contributed by atoms with Crippen LogP contribution in [-0.2, 0) is 18.9 Å². The van der Waals surface area contributed by atoms with Crippen LogP contribution >= 0.6 is 0 Å². The summed E-state index contributed by atoms with van der Waals surface area (Å²) < 4.78 is 23.4. The predicted molar refractivity (Wildman–Crippen MR) is 92.2 cm³/mol. The van der Waals surface area contributed by atoms with Crippen molar-refractivity contribution >= 4 is 0 Å². The van der Waals surface area contributed by atoms with Crippen LogP contribution < -0.4 is 0 Å². The van der Waals surface area contributed by atoms with Crippen molar-refractivity contribution in [3.8, 4) is 0 Å². The summed E-state index contributed by atoms with van der Waals surface area (Å²) in [6.07, 6.45) is 6.15. The zero-order valence-corrected chi connectivity index (χ0v) is 15.5. The maximum atomic E-state index is 11.0. The van der Waals surface area contributed by atoms with E-state index in [1.54, 1.807) is 0 Å². The first kappa shape index (κ1) is 16.7. The number of hydrogen-bond donors (Lipinski definition) is 1. The topological polar surface area (TPSA) is 60.4 Å². The lowest BCUT2D eigenvalue weighted by Crippen LogP contribution is -2.66. The first-order valence-corrected chi connectivity index (χ1v) is 10.6. The second-order valence-corrected chi connectivity index (χ2v) is 9.59. The second kappa shape index (κ2) is 6.13. The third-order valence-corrected chi connectivity index (χ3v) is 8.62. The molecule has 6 rings (SSSR count). The van der Waals surface area contributed by atoms with Crippen LogP contribution in [0.15, 0.2) is 0 Å². The lowest BCUT2D eigenvalue weighted by atomic mass is 9.54. The fraction of sp³-hybridized carbons (Fsp3) is 1.00. The van der Waals surface area contributed by atoms with Crippen LogP contribution in [0.4, 0.5) is 0 Å². The minimum atomic E-state index is -0.247. The molecular weight excluding hydrogens is 334 g/mol. The summed E-state index contributed by atoms with van der Waals surface area (Å²) in [4.78, 5) is 2.59. The number of piperidine rings is 1. The third-order valence-electron chi connectivity index (χ3n) is 8.62. The Bertz CT molecular complexity index is 560. The normalized spacial score (nSPS) is 59.1. The molecule has 3 aliphatic carbocycles. The van der Waals surface area contributed by atoms with Crippen LogP contribution in [0.1, 0.15) is 32.1 Å². The lowest BCUT2D eigenvalue weighted by molar-refractivity contribution is -0.162. The summed E-state index contributed by atoms with van der Waals surface area (Å²) >= 11 is 0. The number of aliphatic hydroxyl groups is 1. The molecule has 6 aliphatic rings. The molecule has 0 aromatic carbocycles. The molecule has 26 heavy (non-hydrogen) atoms. The first-order chi connectivity index (χ1) is 12.7. The summed E-state index contributed by atoms with van der Waals surface area (Å²) in [5, 5.41) is 11.0. The second-order valence-electron chi connectivity index (χ2n) is 9.59. The van der Waals surface area contributed by atoms with Gasteiger partial charge in [0, 0.05) is 24.9 Å². The summed E-state index contributed by atoms with van der Waals surface area (Å²) in [5.41, 5.74) is 0. The molecule has 11 atom stereocenters. The van der Waals surface area contributed by atoms with E-state index in [4.69, 9.17) is 18.9 Å². The van der Waals surface area contributed by atoms with Crippen molar-refractivity contribution in [3.63, 3.8) is 0 Å². The van der Waals surface area contributed by atoms with E-state index in [-0.39, 0.29) is 24.4 Å². The molecule has 3 saturated heterocycles. The van der Waals surface area contributed by atoms with Gasteiger partial charge in [0.25, 0.3) is 0 Å². The van der Waals surface area contributed by atoms with Crippen molar-refractivity contribution in [1.82, 2.24) is 4.90 Å². The predicted octanol–water partition coefficient (Wildman–Crippen LogP) is 1.22. The fourth-order valence-corrected chi connectivity index (χ4v) is 7.71. The van der Waals surface area contributed by atoms with Gasteiger partial charge in [0.15, 0.2) is 0 Å². The molecule has 0 radical (unpaired) electrons. The SMILES string of the molecule is CN1CC2C3OCOC3CC(O)C2C2CCC3CC4OCOC4CC3C21. The van der Waals surface area contributed by atoms with E-state index in [0.29, 0.717) is 49.4 Å². The lowest BCUT2D eigenvalue weighted by Gasteiger charge is -2.60. The van der Waals surface area contributed by atoms with Gasteiger partial charge in [0.2, 0.25) is 0 Å². The van der Waals surface area contributed by atoms with Crippen LogP contribution in [0, 0.1) is 29.6 Å². The molecule has 0 aromatic heterocycles. The smallest absolute Gasteiger partial charge is 0.147 e. The number of aliphatic hydroxyl groups excluding tert-OH is 1. The number of ether oxygens (including phenoxy) is 4. The van der Waals surface area contributed by atoms with E-state index >= 15 is 0 Å². The van der Waals surface area contributed by atoms with Gasteiger partial charge in [0.05, 0.1) is 30.5 Å². The van der Waals surface area contributed by atoms with Gasteiger partial charge >= 0.3 is 0 Å². The molecule has 0 spiro atoms. The van der Waals surface area contributed by atoms with Crippen LogP contribution in [0.2, 0.25) is 0 Å². The van der Waals surface area contributed by atoms with E-state index in [1.165, 1.54) is 12.8 Å². The van der Waals surface area contributed by atoms with Gasteiger partial charge in [0.1, 0.15) is 13.6 Å². The summed E-state index contributed by atoms with van der Waals surface area (Å²) in [5.74, 6) is 2.75. The highest BCUT2D eigenvalue weighted by molar-refractivity contribution is 5.09. The molecule has 3 aliphatic heterocycles. The van der Waals surface area contributed by atoms with Crippen molar-refractivity contribution in [2.45, 2.75) is 68.7 Å². The molecule has 0 aromatic rings. The highest BCUT2D eigenvalue weighted by atomic mass is 16.7. The highest BCUT2D eigenvalue weighted by Gasteiger charge is 2.59. The average molecular weight is 365 g/mol. The van der Waals surface area contributed by atoms with Gasteiger partial charge in [-0.1, -0.05) is 0 Å². The molecule has 1 N–H and O–H groups in total. The van der Waals surface area contributed by atoms with Gasteiger partial charge in [-0.3, -0.25) is 0 Å². The molecule has 11 unspecified atom stereocenters. The van der Waals surface area contributed by atoms with Gasteiger partial charge < -0.3 is 29.0 Å². The number of likely N-dealkylation sites (tertiary alicyclic amines) is 1. The standard InChI is InChI=1S/C20H31NO5/c1-21-7-13-18(14(22)6-17-20(13)26-9-25-17)11-3-2-10-4-15-16(24-8-23-15)5-12(10)19(11)21/h10-20,22H,2-9H2,1H3. The van der Waals surface area contributed by atoms with E-state index in [2.05, 4.69) is 11.9 Å². The quantitative estimate of drug-likeness (QED) is 0.697. The van der Waals surface area contributed by atoms with Crippen molar-refractivity contribution in [2.75, 3.05) is 27.2 Å². The Morgan fingerprint density at radius 3 is 2.46 bits per heavy atom. The van der Waals surface area contributed by atoms with Gasteiger partial charge in [-0.2, -0.15) is 0 Å². The van der Waals surface area contributed by atoms with Crippen molar-refractivity contribution < 1.29 is 24.1 Å². The Labute approximate surface area is 155 Å². The van der Waals surface area contributed by atoms with Crippen LogP contribution in [0.5, 0.6) is 0 Å². The Balaban J connectivity index is 1.29. The minimum Gasteiger partial charge on any atom is -0.393 e. The summed E-state index contributed by atoms with van der Waals surface area (Å²) in [7, 11) is 2.29. The highest BCUT2D eigenvalue weighted by Crippen LogP contribution is 2.55. The maximum Gasteiger partial charge on any atom is 0.147 e. The van der Waals surface area contributed by atoms with Crippen molar-refractivity contribution in [1.29, 1.82) is 0 Å². The summed E-state index contributed by atoms with van der Waals surface area (Å²) in [6.45, 7) is 1.89. The van der Waals surface area contributed by atoms with Gasteiger partial charge in [-0.15, -0.1) is 0 Å². The largest absolute Gasteiger partial charge is 0.393 e. The zero-order valence-electron chi connectivity index (χ0n) is 15.5. The first-order valence-electron chi connectivity index (χ1n) is 10.6. The van der Waals surface area contributed by atoms with Crippen molar-refractivity contribution in [2.24, 2.45) is 29.6 Å². The summed E-state index contributed by atoms with van der Waals surface area (Å²) in [6, 6.07) is 0.564. The molecule has 0 amide bonds. The Kier molecular flexibility index (Phi) is 3.93. The number of nitrogens with zero attached hydrogens (tertiary/aromatic N) is 1. The van der Waals surface area contributed by atoms with E-state index in [1.807, 2.05) is 0 Å². The number of fused-ring (bicyclic) bond motifs is 8. The third kappa shape index (κ3) is 2.32. The molecule has 6 fully saturated rings. The Hall–Kier alpha value is -0.240. The zero-order chi connectivity index (χ0) is 17.4. The van der Waals surface area contributed by atoms with Crippen LogP contribution in [0.3, 0.4) is 0 Å². The van der Waals surface area contributed by atoms with E-state index in [9.17, 15) is 5.11 Å². The van der Waals surface area contributed by atoms with E-state index in [0.717, 1.165) is 31.7 Å². The molecule has 0 bridgehead atoms. The van der Waals surface area contributed by atoms with E-state index < -0.39 is 0 Å². The van der Waals surface area contributed by atoms with Crippen molar-refractivity contribution in [3.05, 3.63) is 0 Å². The van der Waals surface area contributed by atoms with Gasteiger partial charge in [-0.05, 0) is 56.4 Å². The minimum absolute atomic E-state index is 0.0898. The average Bonchev–Trinajstić information content (AvgIpc) is 3.27. The molecule has 3 heterocycles. The van der Waals surface area contributed by atoms with Crippen LogP contribution in [-0.4, -0.2) is 73.7 Å². The Morgan fingerprint density at radius 2 is 1.58 bits per heavy atom. The van der Waals surface area contributed by atoms with Gasteiger partial charge in [-0.25, -0.2) is 0 Å². The monoisotopic (exact) mass is 365 g/mol. The Morgan fingerprint density at radius 1 is 0.808 bits per heavy atom. The number of hydrogen-bond acceptors (Lipinski definition) is 6. The fourth-order valence-electron chi connectivity index (χ4n) is 7.71. The molecule has 146 valence electrons. The molecule has 3 saturated carbocycles. The molecular formula is C20H31NO5. The molecule has 6 nitrogen and oxygen atoms in total. The van der Waals surface area contributed by atoms with Crippen LogP contribution in [0.25, 0.3) is 0 Å². The number of rotatable bonds is 0. The molecule has 6 heteroatoms.